The average molecular weight is 278 g/mol. The van der Waals surface area contributed by atoms with Crippen molar-refractivity contribution in [2.45, 2.75) is 20.8 Å². The maximum atomic E-state index is 12.3. The molecular formula is C18H18N2O. The van der Waals surface area contributed by atoms with E-state index in [1.807, 2.05) is 57.2 Å². The van der Waals surface area contributed by atoms with Crippen molar-refractivity contribution < 1.29 is 4.79 Å². The smallest absolute Gasteiger partial charge is 0.256 e. The van der Waals surface area contributed by atoms with Gasteiger partial charge in [0.05, 0.1) is 5.57 Å². The molecule has 3 heteroatoms. The number of nitrogen functional groups attached to an aromatic ring is 1. The third-order valence-electron chi connectivity index (χ3n) is 3.91. The zero-order valence-electron chi connectivity index (χ0n) is 12.4. The van der Waals surface area contributed by atoms with Crippen LogP contribution in [0.15, 0.2) is 36.4 Å². The molecule has 1 aliphatic heterocycles. The van der Waals surface area contributed by atoms with Gasteiger partial charge >= 0.3 is 0 Å². The number of benzene rings is 2. The number of carbonyl (C=O) groups excluding carboxylic acids is 1. The van der Waals surface area contributed by atoms with Gasteiger partial charge < -0.3 is 11.1 Å². The van der Waals surface area contributed by atoms with E-state index in [4.69, 9.17) is 5.73 Å². The lowest BCUT2D eigenvalue weighted by atomic mass is 9.94. The van der Waals surface area contributed by atoms with Crippen LogP contribution in [0, 0.1) is 13.8 Å². The number of carbonyl (C=O) groups is 1. The lowest BCUT2D eigenvalue weighted by Crippen LogP contribution is -2.06. The Morgan fingerprint density at radius 3 is 2.43 bits per heavy atom. The number of allylic oxidation sites excluding steroid dienone is 1. The van der Waals surface area contributed by atoms with Crippen molar-refractivity contribution in [2.75, 3.05) is 11.1 Å². The molecule has 0 radical (unpaired) electrons. The molecule has 0 saturated heterocycles. The van der Waals surface area contributed by atoms with E-state index >= 15 is 0 Å². The van der Waals surface area contributed by atoms with Crippen molar-refractivity contribution in [3.8, 4) is 0 Å². The molecule has 106 valence electrons. The second kappa shape index (κ2) is 4.77. The molecule has 1 heterocycles. The van der Waals surface area contributed by atoms with Crippen LogP contribution in [-0.2, 0) is 4.79 Å². The fourth-order valence-corrected chi connectivity index (χ4v) is 2.82. The number of aryl methyl sites for hydroxylation is 2. The quantitative estimate of drug-likeness (QED) is 0.616. The zero-order chi connectivity index (χ0) is 15.1. The summed E-state index contributed by atoms with van der Waals surface area (Å²) in [5.74, 6) is -0.0620. The molecule has 2 aromatic carbocycles. The SMILES string of the molecule is C/C(=C1/C(=O)Nc2cc(C)ccc21)c1ccc(C)cc1N. The third-order valence-corrected chi connectivity index (χ3v) is 3.91. The largest absolute Gasteiger partial charge is 0.398 e. The van der Waals surface area contributed by atoms with Crippen molar-refractivity contribution in [1.29, 1.82) is 0 Å². The van der Waals surface area contributed by atoms with E-state index in [2.05, 4.69) is 5.32 Å². The summed E-state index contributed by atoms with van der Waals surface area (Å²) in [7, 11) is 0. The van der Waals surface area contributed by atoms with Crippen LogP contribution >= 0.6 is 0 Å². The number of hydrogen-bond acceptors (Lipinski definition) is 2. The fourth-order valence-electron chi connectivity index (χ4n) is 2.82. The van der Waals surface area contributed by atoms with Gasteiger partial charge in [-0.25, -0.2) is 0 Å². The molecule has 0 saturated carbocycles. The summed E-state index contributed by atoms with van der Waals surface area (Å²) in [5.41, 5.74) is 13.4. The van der Waals surface area contributed by atoms with Gasteiger partial charge in [0.25, 0.3) is 5.91 Å². The Kier molecular flexibility index (Phi) is 3.05. The van der Waals surface area contributed by atoms with E-state index in [1.54, 1.807) is 0 Å². The van der Waals surface area contributed by atoms with Gasteiger partial charge in [-0.2, -0.15) is 0 Å². The molecule has 0 aromatic heterocycles. The number of amides is 1. The Morgan fingerprint density at radius 2 is 1.71 bits per heavy atom. The third kappa shape index (κ3) is 2.21. The molecule has 3 nitrogen and oxygen atoms in total. The van der Waals surface area contributed by atoms with E-state index in [9.17, 15) is 4.79 Å². The van der Waals surface area contributed by atoms with Gasteiger partial charge in [-0.05, 0) is 49.6 Å². The second-order valence-corrected chi connectivity index (χ2v) is 5.59. The number of anilines is 2. The Morgan fingerprint density at radius 1 is 1.05 bits per heavy atom. The van der Waals surface area contributed by atoms with E-state index < -0.39 is 0 Å². The Hall–Kier alpha value is -2.55. The first-order valence-corrected chi connectivity index (χ1v) is 6.97. The number of hydrogen-bond donors (Lipinski definition) is 2. The van der Waals surface area contributed by atoms with Gasteiger partial charge in [-0.3, -0.25) is 4.79 Å². The molecule has 0 bridgehead atoms. The van der Waals surface area contributed by atoms with Crippen molar-refractivity contribution in [2.24, 2.45) is 0 Å². The lowest BCUT2D eigenvalue weighted by molar-refractivity contribution is -0.110. The number of rotatable bonds is 1. The summed E-state index contributed by atoms with van der Waals surface area (Å²) < 4.78 is 0. The van der Waals surface area contributed by atoms with Gasteiger partial charge in [-0.15, -0.1) is 0 Å². The fraction of sp³-hybridized carbons (Fsp3) is 0.167. The lowest BCUT2D eigenvalue weighted by Gasteiger charge is -2.10. The van der Waals surface area contributed by atoms with Crippen LogP contribution in [0.4, 0.5) is 11.4 Å². The summed E-state index contributed by atoms with van der Waals surface area (Å²) >= 11 is 0. The highest BCUT2D eigenvalue weighted by molar-refractivity contribution is 6.36. The maximum absolute atomic E-state index is 12.3. The second-order valence-electron chi connectivity index (χ2n) is 5.59. The minimum absolute atomic E-state index is 0.0620. The predicted octanol–water partition coefficient (Wildman–Crippen LogP) is 3.77. The van der Waals surface area contributed by atoms with Crippen molar-refractivity contribution in [3.05, 3.63) is 58.7 Å². The molecule has 0 spiro atoms. The number of nitrogens with one attached hydrogen (secondary N) is 1. The topological polar surface area (TPSA) is 55.1 Å². The van der Waals surface area contributed by atoms with Gasteiger partial charge in [-0.1, -0.05) is 24.3 Å². The summed E-state index contributed by atoms with van der Waals surface area (Å²) in [5, 5.41) is 2.93. The summed E-state index contributed by atoms with van der Waals surface area (Å²) in [6, 6.07) is 11.9. The first-order chi connectivity index (χ1) is 9.97. The first-order valence-electron chi connectivity index (χ1n) is 6.97. The van der Waals surface area contributed by atoms with Crippen LogP contribution in [-0.4, -0.2) is 5.91 Å². The van der Waals surface area contributed by atoms with Crippen LogP contribution in [0.1, 0.15) is 29.2 Å². The molecule has 21 heavy (non-hydrogen) atoms. The molecule has 0 atom stereocenters. The highest BCUT2D eigenvalue weighted by Crippen LogP contribution is 2.38. The molecule has 1 amide bonds. The molecule has 2 aromatic rings. The maximum Gasteiger partial charge on any atom is 0.256 e. The summed E-state index contributed by atoms with van der Waals surface area (Å²) in [6.07, 6.45) is 0. The van der Waals surface area contributed by atoms with Crippen LogP contribution in [0.2, 0.25) is 0 Å². The van der Waals surface area contributed by atoms with Crippen molar-refractivity contribution >= 4 is 28.4 Å². The number of fused-ring (bicyclic) bond motifs is 1. The van der Waals surface area contributed by atoms with Crippen molar-refractivity contribution in [3.63, 3.8) is 0 Å². The highest BCUT2D eigenvalue weighted by atomic mass is 16.2. The minimum Gasteiger partial charge on any atom is -0.398 e. The number of nitrogens with two attached hydrogens (primary N) is 1. The molecule has 3 rings (SSSR count). The average Bonchev–Trinajstić information content (AvgIpc) is 2.73. The van der Waals surface area contributed by atoms with Crippen LogP contribution in [0.5, 0.6) is 0 Å². The normalized spacial score (nSPS) is 15.7. The Balaban J connectivity index is 2.21. The summed E-state index contributed by atoms with van der Waals surface area (Å²) in [4.78, 5) is 12.3. The Bertz CT molecular complexity index is 788. The minimum atomic E-state index is -0.0620. The Labute approximate surface area is 124 Å². The van der Waals surface area contributed by atoms with Crippen LogP contribution in [0.25, 0.3) is 11.1 Å². The highest BCUT2D eigenvalue weighted by Gasteiger charge is 2.26. The van der Waals surface area contributed by atoms with Gasteiger partial charge in [0, 0.05) is 22.5 Å². The molecule has 1 aliphatic rings. The van der Waals surface area contributed by atoms with E-state index in [1.165, 1.54) is 0 Å². The van der Waals surface area contributed by atoms with Gasteiger partial charge in [0.1, 0.15) is 0 Å². The van der Waals surface area contributed by atoms with Gasteiger partial charge in [0.15, 0.2) is 0 Å². The van der Waals surface area contributed by atoms with E-state index in [0.29, 0.717) is 11.3 Å². The van der Waals surface area contributed by atoms with Crippen LogP contribution in [0.3, 0.4) is 0 Å². The van der Waals surface area contributed by atoms with E-state index in [0.717, 1.165) is 33.5 Å². The molecule has 3 N–H and O–H groups in total. The summed E-state index contributed by atoms with van der Waals surface area (Å²) in [6.45, 7) is 5.97. The molecule has 0 aliphatic carbocycles. The van der Waals surface area contributed by atoms with Gasteiger partial charge in [0.2, 0.25) is 0 Å². The first kappa shape index (κ1) is 13.4. The molecular weight excluding hydrogens is 260 g/mol. The molecule has 0 fully saturated rings. The van der Waals surface area contributed by atoms with Crippen LogP contribution < -0.4 is 11.1 Å². The predicted molar refractivity (Wildman–Crippen MR) is 87.9 cm³/mol. The molecule has 0 unspecified atom stereocenters. The van der Waals surface area contributed by atoms with Crippen molar-refractivity contribution in [1.82, 2.24) is 0 Å². The monoisotopic (exact) mass is 278 g/mol. The zero-order valence-corrected chi connectivity index (χ0v) is 12.4. The standard InChI is InChI=1S/C18H18N2O/c1-10-4-6-13(15(19)8-10)12(3)17-14-7-5-11(2)9-16(14)20-18(17)21/h4-9H,19H2,1-3H3,(H,20,21)/b17-12-. The van der Waals surface area contributed by atoms with E-state index in [-0.39, 0.29) is 5.91 Å².